The summed E-state index contributed by atoms with van der Waals surface area (Å²) in [5.74, 6) is 0.845. The Morgan fingerprint density at radius 3 is 3.06 bits per heavy atom. The minimum absolute atomic E-state index is 0.648. The molecular weight excluding hydrogens is 222 g/mol. The molecule has 1 aromatic carbocycles. The van der Waals surface area contributed by atoms with Crippen molar-refractivity contribution in [1.29, 1.82) is 0 Å². The summed E-state index contributed by atoms with van der Waals surface area (Å²) in [6.07, 6.45) is 0.864. The quantitative estimate of drug-likeness (QED) is 0.631. The Hall–Kier alpha value is -1.33. The van der Waals surface area contributed by atoms with Crippen LogP contribution in [-0.4, -0.2) is 22.7 Å². The Morgan fingerprint density at radius 2 is 2.31 bits per heavy atom. The average Bonchev–Trinajstić information content (AvgIpc) is 2.55. The van der Waals surface area contributed by atoms with Crippen LogP contribution in [0.5, 0.6) is 5.75 Å². The van der Waals surface area contributed by atoms with Gasteiger partial charge in [-0.05, 0) is 37.3 Å². The average molecular weight is 237 g/mol. The van der Waals surface area contributed by atoms with Gasteiger partial charge < -0.3 is 20.0 Å². The van der Waals surface area contributed by atoms with E-state index < -0.39 is 0 Å². The number of aryl methyl sites for hydroxylation is 1. The van der Waals surface area contributed by atoms with Gasteiger partial charge in [0.1, 0.15) is 5.75 Å². The van der Waals surface area contributed by atoms with Gasteiger partial charge in [0.15, 0.2) is 4.77 Å². The Morgan fingerprint density at radius 1 is 1.50 bits per heavy atom. The van der Waals surface area contributed by atoms with E-state index in [9.17, 15) is 0 Å². The molecule has 0 saturated carbocycles. The van der Waals surface area contributed by atoms with Gasteiger partial charge in [0, 0.05) is 13.1 Å². The largest absolute Gasteiger partial charge is 0.493 e. The minimum atomic E-state index is 0.648. The SMILES string of the molecule is Cn1c(=S)[nH]c2cc(OCCCN)ccc21. The highest BCUT2D eigenvalue weighted by molar-refractivity contribution is 7.71. The topological polar surface area (TPSA) is 56.0 Å². The summed E-state index contributed by atoms with van der Waals surface area (Å²) >= 11 is 5.15. The van der Waals surface area contributed by atoms with E-state index in [-0.39, 0.29) is 0 Å². The summed E-state index contributed by atoms with van der Waals surface area (Å²) in [6.45, 7) is 1.30. The number of ether oxygens (including phenoxy) is 1. The molecule has 1 heterocycles. The van der Waals surface area contributed by atoms with Crippen molar-refractivity contribution in [3.63, 3.8) is 0 Å². The summed E-state index contributed by atoms with van der Waals surface area (Å²) in [5, 5.41) is 0. The van der Waals surface area contributed by atoms with Gasteiger partial charge in [0.05, 0.1) is 17.6 Å². The van der Waals surface area contributed by atoms with Gasteiger partial charge in [0.25, 0.3) is 0 Å². The number of H-pyrrole nitrogens is 1. The van der Waals surface area contributed by atoms with Crippen LogP contribution >= 0.6 is 12.2 Å². The lowest BCUT2D eigenvalue weighted by atomic mass is 10.3. The van der Waals surface area contributed by atoms with Crippen molar-refractivity contribution < 1.29 is 4.74 Å². The molecule has 0 saturated heterocycles. The minimum Gasteiger partial charge on any atom is -0.493 e. The summed E-state index contributed by atoms with van der Waals surface area (Å²) in [4.78, 5) is 3.13. The number of nitrogens with one attached hydrogen (secondary N) is 1. The molecule has 0 atom stereocenters. The molecule has 0 spiro atoms. The van der Waals surface area contributed by atoms with Crippen molar-refractivity contribution in [1.82, 2.24) is 9.55 Å². The van der Waals surface area contributed by atoms with Crippen LogP contribution < -0.4 is 10.5 Å². The molecule has 0 bridgehead atoms. The summed E-state index contributed by atoms with van der Waals surface area (Å²) in [5.41, 5.74) is 7.48. The van der Waals surface area contributed by atoms with Crippen molar-refractivity contribution >= 4 is 23.3 Å². The number of aromatic nitrogens is 2. The van der Waals surface area contributed by atoms with Crippen LogP contribution in [0.15, 0.2) is 18.2 Å². The molecule has 0 aliphatic heterocycles. The fraction of sp³-hybridized carbons (Fsp3) is 0.364. The molecular formula is C11H15N3OS. The molecule has 2 rings (SSSR count). The molecule has 0 aliphatic rings. The molecule has 2 aromatic rings. The lowest BCUT2D eigenvalue weighted by molar-refractivity contribution is 0.314. The normalized spacial score (nSPS) is 10.9. The monoisotopic (exact) mass is 237 g/mol. The predicted molar refractivity (Wildman–Crippen MR) is 67.3 cm³/mol. The standard InChI is InChI=1S/C11H15N3OS/c1-14-10-4-3-8(15-6-2-5-12)7-9(10)13-11(14)16/h3-4,7H,2,5-6,12H2,1H3,(H,13,16). The maximum absolute atomic E-state index is 5.56. The lowest BCUT2D eigenvalue weighted by Crippen LogP contribution is -2.05. The first-order chi connectivity index (χ1) is 7.72. The summed E-state index contributed by atoms with van der Waals surface area (Å²) in [6, 6.07) is 5.91. The van der Waals surface area contributed by atoms with Crippen molar-refractivity contribution in [2.24, 2.45) is 12.8 Å². The van der Waals surface area contributed by atoms with Gasteiger partial charge in [-0.25, -0.2) is 0 Å². The highest BCUT2D eigenvalue weighted by atomic mass is 32.1. The third kappa shape index (κ3) is 2.10. The number of benzene rings is 1. The van der Waals surface area contributed by atoms with E-state index in [2.05, 4.69) is 4.98 Å². The van der Waals surface area contributed by atoms with Gasteiger partial charge in [-0.2, -0.15) is 0 Å². The van der Waals surface area contributed by atoms with Crippen LogP contribution in [0.2, 0.25) is 0 Å². The number of hydrogen-bond acceptors (Lipinski definition) is 3. The number of hydrogen-bond donors (Lipinski definition) is 2. The third-order valence-corrected chi connectivity index (χ3v) is 2.87. The van der Waals surface area contributed by atoms with E-state index in [1.54, 1.807) is 0 Å². The smallest absolute Gasteiger partial charge is 0.177 e. The van der Waals surface area contributed by atoms with Crippen LogP contribution in [0, 0.1) is 4.77 Å². The molecule has 0 unspecified atom stereocenters. The van der Waals surface area contributed by atoms with Gasteiger partial charge in [0.2, 0.25) is 0 Å². The zero-order valence-electron chi connectivity index (χ0n) is 9.19. The van der Waals surface area contributed by atoms with E-state index in [0.29, 0.717) is 17.9 Å². The van der Waals surface area contributed by atoms with E-state index in [0.717, 1.165) is 23.2 Å². The van der Waals surface area contributed by atoms with Crippen LogP contribution in [0.3, 0.4) is 0 Å². The lowest BCUT2D eigenvalue weighted by Gasteiger charge is -2.04. The molecule has 0 fully saturated rings. The van der Waals surface area contributed by atoms with Crippen LogP contribution in [0.25, 0.3) is 11.0 Å². The van der Waals surface area contributed by atoms with Crippen LogP contribution in [0.4, 0.5) is 0 Å². The molecule has 5 heteroatoms. The third-order valence-electron chi connectivity index (χ3n) is 2.49. The van der Waals surface area contributed by atoms with Gasteiger partial charge in [-0.3, -0.25) is 0 Å². The van der Waals surface area contributed by atoms with Crippen molar-refractivity contribution in [2.75, 3.05) is 13.2 Å². The highest BCUT2D eigenvalue weighted by Crippen LogP contribution is 2.19. The number of nitrogens with zero attached hydrogens (tertiary/aromatic N) is 1. The van der Waals surface area contributed by atoms with Gasteiger partial charge in [-0.1, -0.05) is 0 Å². The first-order valence-electron chi connectivity index (χ1n) is 5.24. The Kier molecular flexibility index (Phi) is 3.26. The van der Waals surface area contributed by atoms with Crippen molar-refractivity contribution in [2.45, 2.75) is 6.42 Å². The summed E-state index contributed by atoms with van der Waals surface area (Å²) < 4.78 is 8.22. The Bertz CT molecular complexity index is 544. The number of imidazole rings is 1. The second kappa shape index (κ2) is 4.67. The predicted octanol–water partition coefficient (Wildman–Crippen LogP) is 1.96. The second-order valence-corrected chi connectivity index (χ2v) is 4.05. The fourth-order valence-corrected chi connectivity index (χ4v) is 1.79. The molecule has 0 radical (unpaired) electrons. The van der Waals surface area contributed by atoms with E-state index in [1.807, 2.05) is 29.8 Å². The molecule has 16 heavy (non-hydrogen) atoms. The van der Waals surface area contributed by atoms with E-state index >= 15 is 0 Å². The zero-order valence-corrected chi connectivity index (χ0v) is 10.0. The first kappa shape index (κ1) is 11.2. The fourth-order valence-electron chi connectivity index (χ4n) is 1.58. The molecule has 0 aliphatic carbocycles. The van der Waals surface area contributed by atoms with Gasteiger partial charge in [-0.15, -0.1) is 0 Å². The maximum Gasteiger partial charge on any atom is 0.177 e. The van der Waals surface area contributed by atoms with Crippen molar-refractivity contribution in [3.8, 4) is 5.75 Å². The Labute approximate surface area is 99.0 Å². The number of nitrogens with two attached hydrogens (primary N) is 1. The molecule has 0 amide bonds. The Balaban J connectivity index is 2.27. The van der Waals surface area contributed by atoms with E-state index in [1.165, 1.54) is 0 Å². The van der Waals surface area contributed by atoms with Crippen LogP contribution in [-0.2, 0) is 7.05 Å². The highest BCUT2D eigenvalue weighted by Gasteiger charge is 2.02. The second-order valence-electron chi connectivity index (χ2n) is 3.66. The zero-order chi connectivity index (χ0) is 11.5. The number of rotatable bonds is 4. The summed E-state index contributed by atoms with van der Waals surface area (Å²) in [7, 11) is 1.94. The molecule has 3 N–H and O–H groups in total. The maximum atomic E-state index is 5.56. The van der Waals surface area contributed by atoms with Crippen molar-refractivity contribution in [3.05, 3.63) is 23.0 Å². The number of aromatic amines is 1. The molecule has 4 nitrogen and oxygen atoms in total. The first-order valence-corrected chi connectivity index (χ1v) is 5.65. The molecule has 86 valence electrons. The van der Waals surface area contributed by atoms with E-state index in [4.69, 9.17) is 22.7 Å². The van der Waals surface area contributed by atoms with Gasteiger partial charge >= 0.3 is 0 Å². The van der Waals surface area contributed by atoms with Crippen LogP contribution in [0.1, 0.15) is 6.42 Å². The molecule has 1 aromatic heterocycles. The number of fused-ring (bicyclic) bond motifs is 1.